The number of aromatic carboxylic acids is 1. The maximum Gasteiger partial charge on any atom is 0.515 e. The van der Waals surface area contributed by atoms with Crippen LogP contribution < -0.4 is 9.47 Å². The first kappa shape index (κ1) is 32.7. The highest BCUT2D eigenvalue weighted by atomic mass is 17.1. The van der Waals surface area contributed by atoms with Crippen LogP contribution in [0, 0.1) is 0 Å². The molecular weight excluding hydrogens is 638 g/mol. The van der Waals surface area contributed by atoms with Crippen LogP contribution >= 0.6 is 0 Å². The number of para-hydroxylation sites is 1. The van der Waals surface area contributed by atoms with Crippen LogP contribution in [0.3, 0.4) is 0 Å². The molecule has 49 heavy (non-hydrogen) atoms. The minimum Gasteiger partial charge on any atom is -0.478 e. The Kier molecular flexibility index (Phi) is 9.82. The molecule has 0 aliphatic carbocycles. The normalized spacial score (nSPS) is 11.2. The Morgan fingerprint density at radius 2 is 1.61 bits per heavy atom. The fourth-order valence-corrected chi connectivity index (χ4v) is 5.05. The maximum atomic E-state index is 12.2. The summed E-state index contributed by atoms with van der Waals surface area (Å²) in [4.78, 5) is 34.3. The van der Waals surface area contributed by atoms with Crippen molar-refractivity contribution in [1.82, 2.24) is 35.1 Å². The number of carbonyl (C=O) groups excluding carboxylic acids is 1. The number of rotatable bonds is 13. The molecule has 0 saturated heterocycles. The molecule has 2 aromatic heterocycles. The standard InChI is InChI=1S/C33H29N7O9/c1-2-46-32-34-28-9-5-8-27(31(41)42)29(28)38(32)18-21-10-14-23(15-11-21)25-6-3-4-7-26(25)30-35-37-39(36-30)20-47-33(43)49-24-16-12-22(13-17-24)19-48-40(44)45/h3-17,44-45H,2,18-20H2,1H3,(H,41,42). The van der Waals surface area contributed by atoms with E-state index in [1.807, 2.05) is 55.5 Å². The number of aromatic nitrogens is 6. The van der Waals surface area contributed by atoms with Crippen molar-refractivity contribution in [3.63, 3.8) is 0 Å². The van der Waals surface area contributed by atoms with Gasteiger partial charge in [0.1, 0.15) is 5.75 Å². The summed E-state index contributed by atoms with van der Waals surface area (Å²) < 4.78 is 17.8. The van der Waals surface area contributed by atoms with Crippen molar-refractivity contribution in [3.8, 4) is 34.3 Å². The first-order chi connectivity index (χ1) is 23.8. The lowest BCUT2D eigenvalue weighted by Crippen LogP contribution is -2.15. The first-order valence-electron chi connectivity index (χ1n) is 14.8. The number of carboxylic acid groups (broad SMARTS) is 1. The van der Waals surface area contributed by atoms with Crippen LogP contribution in [0.2, 0.25) is 0 Å². The third-order valence-electron chi connectivity index (χ3n) is 7.23. The van der Waals surface area contributed by atoms with Gasteiger partial charge in [-0.3, -0.25) is 15.0 Å². The Morgan fingerprint density at radius 3 is 2.33 bits per heavy atom. The zero-order valence-corrected chi connectivity index (χ0v) is 25.9. The lowest BCUT2D eigenvalue weighted by Gasteiger charge is -2.12. The average Bonchev–Trinajstić information content (AvgIpc) is 3.72. The molecule has 3 N–H and O–H groups in total. The van der Waals surface area contributed by atoms with E-state index < -0.39 is 17.5 Å². The first-order valence-corrected chi connectivity index (χ1v) is 14.8. The third-order valence-corrected chi connectivity index (χ3v) is 7.23. The summed E-state index contributed by atoms with van der Waals surface area (Å²) in [6, 6.07) is 26.7. The number of tetrazole rings is 1. The van der Waals surface area contributed by atoms with Crippen LogP contribution in [0.4, 0.5) is 4.79 Å². The number of fused-ring (bicyclic) bond motifs is 1. The Bertz CT molecular complexity index is 2080. The fourth-order valence-electron chi connectivity index (χ4n) is 5.05. The highest BCUT2D eigenvalue weighted by Gasteiger charge is 2.19. The topological polar surface area (TPSA) is 196 Å². The van der Waals surface area contributed by atoms with E-state index in [1.54, 1.807) is 34.9 Å². The molecule has 0 fully saturated rings. The molecule has 0 unspecified atom stereocenters. The van der Waals surface area contributed by atoms with Crippen molar-refractivity contribution in [1.29, 1.82) is 0 Å². The van der Waals surface area contributed by atoms with Gasteiger partial charge in [-0.2, -0.15) is 4.98 Å². The van der Waals surface area contributed by atoms with Gasteiger partial charge in [-0.15, -0.1) is 15.0 Å². The van der Waals surface area contributed by atoms with Gasteiger partial charge in [-0.05, 0) is 58.7 Å². The van der Waals surface area contributed by atoms with Crippen molar-refractivity contribution in [3.05, 3.63) is 108 Å². The largest absolute Gasteiger partial charge is 0.515 e. The number of benzene rings is 4. The number of nitrogens with zero attached hydrogens (tertiary/aromatic N) is 7. The number of carboxylic acids is 1. The smallest absolute Gasteiger partial charge is 0.478 e. The van der Waals surface area contributed by atoms with Gasteiger partial charge in [0.05, 0.1) is 41.7 Å². The molecule has 250 valence electrons. The number of hydrogen-bond acceptors (Lipinski definition) is 13. The Morgan fingerprint density at radius 1 is 0.878 bits per heavy atom. The van der Waals surface area contributed by atoms with E-state index in [-0.39, 0.29) is 24.7 Å². The molecule has 6 aromatic rings. The van der Waals surface area contributed by atoms with Crippen molar-refractivity contribution < 1.29 is 44.2 Å². The van der Waals surface area contributed by atoms with E-state index in [1.165, 1.54) is 12.1 Å². The van der Waals surface area contributed by atoms with Gasteiger partial charge in [0.2, 0.25) is 12.6 Å². The number of hydrogen-bond donors (Lipinski definition) is 3. The van der Waals surface area contributed by atoms with E-state index in [9.17, 15) is 14.7 Å². The van der Waals surface area contributed by atoms with Crippen molar-refractivity contribution in [2.75, 3.05) is 6.61 Å². The van der Waals surface area contributed by atoms with Crippen molar-refractivity contribution in [2.45, 2.75) is 26.8 Å². The predicted octanol–water partition coefficient (Wildman–Crippen LogP) is 5.19. The van der Waals surface area contributed by atoms with Crippen LogP contribution in [0.15, 0.2) is 91.0 Å². The molecular formula is C33H29N7O9. The van der Waals surface area contributed by atoms with Crippen molar-refractivity contribution >= 4 is 23.2 Å². The molecule has 16 heteroatoms. The fraction of sp³-hybridized carbons (Fsp3) is 0.152. The molecule has 0 aliphatic rings. The van der Waals surface area contributed by atoms with Gasteiger partial charge in [-0.25, -0.2) is 14.4 Å². The van der Waals surface area contributed by atoms with Gasteiger partial charge in [-0.1, -0.05) is 66.7 Å². The summed E-state index contributed by atoms with van der Waals surface area (Å²) in [6.45, 7) is 2.10. The van der Waals surface area contributed by atoms with Gasteiger partial charge < -0.3 is 19.3 Å². The quantitative estimate of drug-likeness (QED) is 0.0827. The second-order valence-electron chi connectivity index (χ2n) is 10.4. The summed E-state index contributed by atoms with van der Waals surface area (Å²) in [7, 11) is 0. The highest BCUT2D eigenvalue weighted by Crippen LogP contribution is 2.31. The molecule has 0 bridgehead atoms. The van der Waals surface area contributed by atoms with Crippen LogP contribution in [0.5, 0.6) is 11.8 Å². The summed E-state index contributed by atoms with van der Waals surface area (Å²) in [5.41, 5.74) is 5.08. The van der Waals surface area contributed by atoms with Crippen LogP contribution in [-0.2, 0) is 29.5 Å². The predicted molar refractivity (Wildman–Crippen MR) is 169 cm³/mol. The second kappa shape index (κ2) is 14.7. The lowest BCUT2D eigenvalue weighted by atomic mass is 9.98. The zero-order valence-electron chi connectivity index (χ0n) is 25.9. The van der Waals surface area contributed by atoms with Crippen LogP contribution in [0.1, 0.15) is 28.4 Å². The molecule has 0 aliphatic heterocycles. The number of carbonyl (C=O) groups is 2. The summed E-state index contributed by atoms with van der Waals surface area (Å²) in [6.07, 6.45) is -0.989. The summed E-state index contributed by atoms with van der Waals surface area (Å²) >= 11 is 0. The number of ether oxygens (including phenoxy) is 3. The third kappa shape index (κ3) is 7.69. The molecule has 2 heterocycles. The minimum atomic E-state index is -1.05. The van der Waals surface area contributed by atoms with Crippen LogP contribution in [-0.4, -0.2) is 69.4 Å². The summed E-state index contributed by atoms with van der Waals surface area (Å²) in [5, 5.41) is 39.2. The molecule has 0 atom stereocenters. The van der Waals surface area contributed by atoms with E-state index in [4.69, 9.17) is 24.6 Å². The minimum absolute atomic E-state index is 0.108. The van der Waals surface area contributed by atoms with Crippen molar-refractivity contribution in [2.24, 2.45) is 0 Å². The van der Waals surface area contributed by atoms with Gasteiger partial charge in [0.25, 0.3) is 6.01 Å². The number of imidazole rings is 1. The molecule has 4 aromatic carbocycles. The molecule has 0 amide bonds. The molecule has 0 saturated carbocycles. The van der Waals surface area contributed by atoms with E-state index >= 15 is 0 Å². The average molecular weight is 668 g/mol. The van der Waals surface area contributed by atoms with E-state index in [2.05, 4.69) is 25.2 Å². The van der Waals surface area contributed by atoms with Gasteiger partial charge in [0, 0.05) is 5.56 Å². The molecule has 16 nitrogen and oxygen atoms in total. The van der Waals surface area contributed by atoms with E-state index in [0.29, 0.717) is 47.1 Å². The monoisotopic (exact) mass is 667 g/mol. The lowest BCUT2D eigenvalue weighted by molar-refractivity contribution is -0.497. The second-order valence-corrected chi connectivity index (χ2v) is 10.4. The molecule has 0 radical (unpaired) electrons. The Hall–Kier alpha value is -6.20. The van der Waals surface area contributed by atoms with Crippen LogP contribution in [0.25, 0.3) is 33.5 Å². The Labute approximate surface area is 277 Å². The highest BCUT2D eigenvalue weighted by molar-refractivity contribution is 6.01. The molecule has 0 spiro atoms. The maximum absolute atomic E-state index is 12.2. The SMILES string of the molecule is CCOc1nc2cccc(C(=O)O)c2n1Cc1ccc(-c2ccccc2-c2nnn(COC(=O)Oc3ccc(CON(O)O)cc3)n2)cc1. The van der Waals surface area contributed by atoms with Gasteiger partial charge >= 0.3 is 12.1 Å². The summed E-state index contributed by atoms with van der Waals surface area (Å²) in [5.74, 6) is -0.538. The zero-order chi connectivity index (χ0) is 34.3. The van der Waals surface area contributed by atoms with E-state index in [0.717, 1.165) is 21.5 Å². The molecule has 6 rings (SSSR count). The Balaban J connectivity index is 1.13. The van der Waals surface area contributed by atoms with Gasteiger partial charge in [0.15, 0.2) is 0 Å².